The minimum Gasteiger partial charge on any atom is -0.482 e. The summed E-state index contributed by atoms with van der Waals surface area (Å²) in [5.74, 6) is 0.228. The summed E-state index contributed by atoms with van der Waals surface area (Å²) in [5.41, 5.74) is 0.999. The van der Waals surface area contributed by atoms with Crippen molar-refractivity contribution in [3.8, 4) is 5.75 Å². The van der Waals surface area contributed by atoms with Crippen LogP contribution in [-0.4, -0.2) is 42.6 Å². The number of nitrogens with one attached hydrogen (secondary N) is 2. The van der Waals surface area contributed by atoms with E-state index in [1.807, 2.05) is 0 Å². The Kier molecular flexibility index (Phi) is 4.13. The number of fused-ring (bicyclic) bond motifs is 1. The van der Waals surface area contributed by atoms with Crippen molar-refractivity contribution >= 4 is 17.4 Å². The molecule has 6 nitrogen and oxygen atoms in total. The van der Waals surface area contributed by atoms with Crippen LogP contribution in [0.3, 0.4) is 0 Å². The van der Waals surface area contributed by atoms with E-state index in [0.717, 1.165) is 0 Å². The number of carbonyl (C=O) groups is 2. The summed E-state index contributed by atoms with van der Waals surface area (Å²) < 4.78 is 5.22. The molecule has 0 radical (unpaired) electrons. The number of hydrogen-bond donors (Lipinski definition) is 3. The van der Waals surface area contributed by atoms with Gasteiger partial charge in [-0.3, -0.25) is 9.59 Å². The number of ketones is 1. The van der Waals surface area contributed by atoms with E-state index in [4.69, 9.17) is 9.84 Å². The second-order valence-electron chi connectivity index (χ2n) is 4.31. The van der Waals surface area contributed by atoms with E-state index in [2.05, 4.69) is 10.6 Å². The van der Waals surface area contributed by atoms with Crippen LogP contribution in [-0.2, 0) is 4.79 Å². The number of aliphatic hydroxyl groups excluding tert-OH is 1. The van der Waals surface area contributed by atoms with Crippen LogP contribution in [0.15, 0.2) is 18.2 Å². The number of rotatable bonds is 5. The van der Waals surface area contributed by atoms with Gasteiger partial charge in [-0.15, -0.1) is 0 Å². The molecule has 0 aliphatic carbocycles. The highest BCUT2D eigenvalue weighted by molar-refractivity contribution is 6.03. The molecular formula is C13H16N2O4. The summed E-state index contributed by atoms with van der Waals surface area (Å²) in [7, 11) is 0. The predicted octanol–water partition coefficient (Wildman–Crippen LogP) is 0.171. The first-order chi connectivity index (χ1) is 9.11. The van der Waals surface area contributed by atoms with Gasteiger partial charge in [0.25, 0.3) is 5.91 Å². The van der Waals surface area contributed by atoms with Crippen molar-refractivity contribution in [1.82, 2.24) is 5.32 Å². The van der Waals surface area contributed by atoms with Gasteiger partial charge in [-0.2, -0.15) is 0 Å². The number of aliphatic hydroxyl groups is 1. The van der Waals surface area contributed by atoms with Gasteiger partial charge >= 0.3 is 0 Å². The van der Waals surface area contributed by atoms with Gasteiger partial charge in [-0.05, 0) is 25.1 Å². The molecule has 19 heavy (non-hydrogen) atoms. The average Bonchev–Trinajstić information content (AvgIpc) is 2.43. The number of amides is 1. The summed E-state index contributed by atoms with van der Waals surface area (Å²) in [6.07, 6.45) is 0. The van der Waals surface area contributed by atoms with Crippen molar-refractivity contribution in [3.63, 3.8) is 0 Å². The summed E-state index contributed by atoms with van der Waals surface area (Å²) in [5, 5.41) is 14.3. The largest absolute Gasteiger partial charge is 0.482 e. The number of carbonyl (C=O) groups excluding carboxylic acids is 2. The smallest absolute Gasteiger partial charge is 0.262 e. The molecule has 0 bridgehead atoms. The van der Waals surface area contributed by atoms with E-state index in [9.17, 15) is 9.59 Å². The predicted molar refractivity (Wildman–Crippen MR) is 69.4 cm³/mol. The molecule has 1 aromatic carbocycles. The van der Waals surface area contributed by atoms with E-state index >= 15 is 0 Å². The molecule has 1 aliphatic rings. The lowest BCUT2D eigenvalue weighted by molar-refractivity contribution is -0.118. The van der Waals surface area contributed by atoms with Crippen molar-refractivity contribution in [2.24, 2.45) is 0 Å². The maximum Gasteiger partial charge on any atom is 0.262 e. The Morgan fingerprint density at radius 2 is 2.37 bits per heavy atom. The molecule has 1 heterocycles. The van der Waals surface area contributed by atoms with Gasteiger partial charge in [0, 0.05) is 12.1 Å². The lowest BCUT2D eigenvalue weighted by Gasteiger charge is -2.19. The van der Waals surface area contributed by atoms with Crippen molar-refractivity contribution in [3.05, 3.63) is 23.8 Å². The van der Waals surface area contributed by atoms with Gasteiger partial charge in [-0.25, -0.2) is 0 Å². The Labute approximate surface area is 110 Å². The van der Waals surface area contributed by atoms with Crippen molar-refractivity contribution in [2.45, 2.75) is 13.0 Å². The van der Waals surface area contributed by atoms with E-state index < -0.39 is 6.04 Å². The molecular weight excluding hydrogens is 248 g/mol. The van der Waals surface area contributed by atoms with Gasteiger partial charge in [-0.1, -0.05) is 0 Å². The number of ether oxygens (including phenoxy) is 1. The van der Waals surface area contributed by atoms with E-state index in [1.54, 1.807) is 25.1 Å². The van der Waals surface area contributed by atoms with Crippen LogP contribution in [0.1, 0.15) is 17.3 Å². The molecule has 1 atom stereocenters. The van der Waals surface area contributed by atoms with Crippen LogP contribution in [0.25, 0.3) is 0 Å². The summed E-state index contributed by atoms with van der Waals surface area (Å²) in [4.78, 5) is 23.3. The number of hydrogen-bond acceptors (Lipinski definition) is 5. The molecule has 1 aliphatic heterocycles. The van der Waals surface area contributed by atoms with Gasteiger partial charge < -0.3 is 20.5 Å². The second kappa shape index (κ2) is 5.81. The van der Waals surface area contributed by atoms with Crippen LogP contribution in [0, 0.1) is 0 Å². The minimum atomic E-state index is -0.398. The highest BCUT2D eigenvalue weighted by atomic mass is 16.5. The third-order valence-electron chi connectivity index (χ3n) is 2.85. The molecule has 0 saturated carbocycles. The zero-order valence-electron chi connectivity index (χ0n) is 10.6. The summed E-state index contributed by atoms with van der Waals surface area (Å²) in [6, 6.07) is 4.54. The molecule has 0 saturated heterocycles. The number of benzene rings is 1. The van der Waals surface area contributed by atoms with Gasteiger partial charge in [0.1, 0.15) is 5.75 Å². The number of Topliss-reactive ketones (excluding diaryl/α,β-unsaturated/α-hetero) is 1. The zero-order chi connectivity index (χ0) is 13.8. The first-order valence-corrected chi connectivity index (χ1v) is 6.07. The van der Waals surface area contributed by atoms with Crippen molar-refractivity contribution < 1.29 is 19.4 Å². The van der Waals surface area contributed by atoms with Gasteiger partial charge in [0.15, 0.2) is 12.4 Å². The van der Waals surface area contributed by atoms with Crippen LogP contribution >= 0.6 is 0 Å². The van der Waals surface area contributed by atoms with Crippen LogP contribution < -0.4 is 15.4 Å². The van der Waals surface area contributed by atoms with Crippen LogP contribution in [0.5, 0.6) is 5.75 Å². The first kappa shape index (κ1) is 13.5. The number of anilines is 1. The molecule has 1 unspecified atom stereocenters. The lowest BCUT2D eigenvalue weighted by Crippen LogP contribution is -2.36. The third kappa shape index (κ3) is 3.10. The van der Waals surface area contributed by atoms with E-state index in [-0.39, 0.29) is 24.9 Å². The highest BCUT2D eigenvalue weighted by Gasteiger charge is 2.20. The fourth-order valence-corrected chi connectivity index (χ4v) is 1.86. The normalized spacial score (nSPS) is 15.2. The molecule has 1 aromatic rings. The maximum absolute atomic E-state index is 12.1. The quantitative estimate of drug-likeness (QED) is 0.660. The third-order valence-corrected chi connectivity index (χ3v) is 2.85. The summed E-state index contributed by atoms with van der Waals surface area (Å²) in [6.45, 7) is 2.06. The maximum atomic E-state index is 12.1. The fourth-order valence-electron chi connectivity index (χ4n) is 1.86. The molecule has 1 amide bonds. The van der Waals surface area contributed by atoms with Crippen molar-refractivity contribution in [2.75, 3.05) is 25.1 Å². The molecule has 0 spiro atoms. The molecule has 3 N–H and O–H groups in total. The van der Waals surface area contributed by atoms with Crippen molar-refractivity contribution in [1.29, 1.82) is 0 Å². The van der Waals surface area contributed by atoms with Crippen LogP contribution in [0.4, 0.5) is 5.69 Å². The monoisotopic (exact) mass is 264 g/mol. The SMILES string of the molecule is CC(NCCO)C(=O)c1ccc2c(c1)NC(=O)CO2. The fraction of sp³-hybridized carbons (Fsp3) is 0.385. The Balaban J connectivity index is 2.15. The molecule has 0 aromatic heterocycles. The molecule has 0 fully saturated rings. The highest BCUT2D eigenvalue weighted by Crippen LogP contribution is 2.28. The minimum absolute atomic E-state index is 0.00521. The molecule has 2 rings (SSSR count). The topological polar surface area (TPSA) is 87.7 Å². The summed E-state index contributed by atoms with van der Waals surface area (Å²) >= 11 is 0. The Morgan fingerprint density at radius 3 is 3.11 bits per heavy atom. The lowest BCUT2D eigenvalue weighted by atomic mass is 10.0. The Morgan fingerprint density at radius 1 is 1.58 bits per heavy atom. The molecule has 102 valence electrons. The van der Waals surface area contributed by atoms with Crippen LogP contribution in [0.2, 0.25) is 0 Å². The second-order valence-corrected chi connectivity index (χ2v) is 4.31. The zero-order valence-corrected chi connectivity index (χ0v) is 10.6. The van der Waals surface area contributed by atoms with Gasteiger partial charge in [0.05, 0.1) is 18.3 Å². The standard InChI is InChI=1S/C13H16N2O4/c1-8(14-4-5-16)13(18)9-2-3-11-10(6-9)15-12(17)7-19-11/h2-3,6,8,14,16H,4-5,7H2,1H3,(H,15,17). The first-order valence-electron chi connectivity index (χ1n) is 6.07. The Bertz CT molecular complexity index is 501. The Hall–Kier alpha value is -1.92. The molecule has 6 heteroatoms. The van der Waals surface area contributed by atoms with E-state index in [1.165, 1.54) is 0 Å². The van der Waals surface area contributed by atoms with E-state index in [0.29, 0.717) is 23.5 Å². The van der Waals surface area contributed by atoms with Gasteiger partial charge in [0.2, 0.25) is 0 Å². The average molecular weight is 264 g/mol.